The summed E-state index contributed by atoms with van der Waals surface area (Å²) in [6.45, 7) is 0. The first kappa shape index (κ1) is 16.5. The zero-order valence-electron chi connectivity index (χ0n) is 4.04. The van der Waals surface area contributed by atoms with E-state index in [0.29, 0.717) is 0 Å². The molecule has 0 amide bonds. The van der Waals surface area contributed by atoms with Crippen LogP contribution in [0, 0.1) is 0 Å². The number of hydrogen-bond acceptors (Lipinski definition) is 3. The zero-order chi connectivity index (χ0) is 4.50. The second kappa shape index (κ2) is 7.12. The molecule has 0 N–H and O–H groups in total. The van der Waals surface area contributed by atoms with Crippen LogP contribution in [0.25, 0.3) is 0 Å². The van der Waals surface area contributed by atoms with Crippen molar-refractivity contribution in [3.63, 3.8) is 0 Å². The van der Waals surface area contributed by atoms with Crippen LogP contribution in [0.3, 0.4) is 0 Å². The summed E-state index contributed by atoms with van der Waals surface area (Å²) < 4.78 is 18.8. The molecule has 0 atom stereocenters. The molecule has 0 saturated heterocycles. The van der Waals surface area contributed by atoms with Crippen molar-refractivity contribution in [3.8, 4) is 0 Å². The summed E-state index contributed by atoms with van der Waals surface area (Å²) in [4.78, 5) is 0. The van der Waals surface area contributed by atoms with Gasteiger partial charge in [-0.25, -0.2) is 0 Å². The van der Waals surface area contributed by atoms with Crippen molar-refractivity contribution in [3.05, 3.63) is 0 Å². The van der Waals surface area contributed by atoms with E-state index in [2.05, 4.69) is 11.2 Å². The second-order valence-corrected chi connectivity index (χ2v) is 6.73. The Kier molecular flexibility index (Phi) is 16.8. The van der Waals surface area contributed by atoms with Gasteiger partial charge in [0.15, 0.2) is 0 Å². The molecule has 0 unspecified atom stereocenters. The Labute approximate surface area is 98.9 Å². The van der Waals surface area contributed by atoms with E-state index in [9.17, 15) is 9.11 Å². The van der Waals surface area contributed by atoms with Crippen LogP contribution in [0.4, 0.5) is 0 Å². The fourth-order valence-corrected chi connectivity index (χ4v) is 0. The molecule has 0 aliphatic rings. The van der Waals surface area contributed by atoms with Gasteiger partial charge >= 0.3 is 101 Å². The molecule has 0 fully saturated rings. The van der Waals surface area contributed by atoms with Gasteiger partial charge in [0.25, 0.3) is 0 Å². The van der Waals surface area contributed by atoms with Gasteiger partial charge in [-0.2, -0.15) is 0 Å². The predicted octanol–water partition coefficient (Wildman–Crippen LogP) is -7.05. The summed E-state index contributed by atoms with van der Waals surface area (Å²) in [6.07, 6.45) is 0. The van der Waals surface area contributed by atoms with E-state index < -0.39 is 7.07 Å². The SMILES string of the molecule is [Na+].[Na+].[O-]S([O-])(=S)=[Se]. The van der Waals surface area contributed by atoms with Gasteiger partial charge in [-0.1, -0.05) is 0 Å². The summed E-state index contributed by atoms with van der Waals surface area (Å²) in [5.74, 6) is 0. The van der Waals surface area contributed by atoms with Crippen molar-refractivity contribution in [2.45, 2.75) is 0 Å². The van der Waals surface area contributed by atoms with Crippen LogP contribution in [0.15, 0.2) is 0 Å². The molecule has 0 radical (unpaired) electrons. The Morgan fingerprint density at radius 1 is 1.29 bits per heavy atom. The molecule has 0 aromatic carbocycles. The minimum absolute atomic E-state index is 0. The Morgan fingerprint density at radius 2 is 1.29 bits per heavy atom. The Morgan fingerprint density at radius 3 is 1.29 bits per heavy atom. The molecule has 0 heterocycles. The third-order valence-corrected chi connectivity index (χ3v) is 0. The van der Waals surface area contributed by atoms with Crippen LogP contribution in [-0.4, -0.2) is 23.5 Å². The van der Waals surface area contributed by atoms with Gasteiger partial charge in [0, 0.05) is 0 Å². The first-order valence-electron chi connectivity index (χ1n) is 0.667. The Bertz CT molecular complexity index is 96.9. The van der Waals surface area contributed by atoms with Crippen LogP contribution in [0.5, 0.6) is 0 Å². The van der Waals surface area contributed by atoms with E-state index in [1.165, 1.54) is 0 Å². The van der Waals surface area contributed by atoms with Crippen LogP contribution >= 0.6 is 0 Å². The minimum atomic E-state index is -3.21. The van der Waals surface area contributed by atoms with E-state index >= 15 is 0 Å². The normalized spacial score (nSPS) is 8.29. The fourth-order valence-electron chi connectivity index (χ4n) is 0. The Hall–Kier alpha value is 3.01. The van der Waals surface area contributed by atoms with E-state index in [0.717, 1.165) is 0 Å². The molecule has 0 aliphatic carbocycles. The predicted molar refractivity (Wildman–Crippen MR) is 22.0 cm³/mol. The van der Waals surface area contributed by atoms with Crippen molar-refractivity contribution in [1.82, 2.24) is 0 Å². The average Bonchev–Trinajstić information content (AvgIpc) is 0.722. The summed E-state index contributed by atoms with van der Waals surface area (Å²) in [5.41, 5.74) is 0. The van der Waals surface area contributed by atoms with Crippen molar-refractivity contribution < 1.29 is 68.2 Å². The van der Waals surface area contributed by atoms with Gasteiger partial charge in [0.05, 0.1) is 0 Å². The molecule has 2 nitrogen and oxygen atoms in total. The summed E-state index contributed by atoms with van der Waals surface area (Å²) in [6, 6.07) is 0. The molecular weight excluding hydrogens is 221 g/mol. The van der Waals surface area contributed by atoms with Crippen LogP contribution < -0.4 is 59.1 Å². The quantitative estimate of drug-likeness (QED) is 0.382. The van der Waals surface area contributed by atoms with E-state index in [1.54, 1.807) is 14.4 Å². The standard InChI is InChI=1S/2Na.H2O2S2Se/c;;1-4(2,3)5/h;;(H2,1,2,3,5)/q2*+1;/p-2. The molecule has 0 spiro atoms. The zero-order valence-corrected chi connectivity index (χ0v) is 11.4. The number of rotatable bonds is 0. The fraction of sp³-hybridized carbons (Fsp3) is 0. The molecule has 0 aliphatic heterocycles. The van der Waals surface area contributed by atoms with Gasteiger partial charge in [-0.3, -0.25) is 0 Å². The summed E-state index contributed by atoms with van der Waals surface area (Å²) in [5, 5.41) is 0. The van der Waals surface area contributed by atoms with E-state index in [1.807, 2.05) is 0 Å². The van der Waals surface area contributed by atoms with Crippen LogP contribution in [-0.2, 0) is 18.3 Å². The van der Waals surface area contributed by atoms with Gasteiger partial charge in [-0.05, 0) is 0 Å². The molecule has 0 rings (SSSR count). The first-order valence-corrected chi connectivity index (χ1v) is 5.10. The molecule has 0 bridgehead atoms. The molecule has 7 heavy (non-hydrogen) atoms. The van der Waals surface area contributed by atoms with Gasteiger partial charge in [0.2, 0.25) is 0 Å². The molecule has 0 aromatic rings. The molecular formula is Na2O2S2Se. The number of hydrogen-bond donors (Lipinski definition) is 0. The van der Waals surface area contributed by atoms with Gasteiger partial charge in [0.1, 0.15) is 0 Å². The topological polar surface area (TPSA) is 46.1 Å². The van der Waals surface area contributed by atoms with E-state index in [-0.39, 0.29) is 59.1 Å². The molecule has 0 saturated carbocycles. The van der Waals surface area contributed by atoms with Crippen molar-refractivity contribution in [2.75, 3.05) is 0 Å². The third kappa shape index (κ3) is 48.9. The maximum atomic E-state index is 9.39. The molecule has 32 valence electrons. The van der Waals surface area contributed by atoms with E-state index in [4.69, 9.17) is 0 Å². The molecule has 7 heteroatoms. The summed E-state index contributed by atoms with van der Waals surface area (Å²) >= 11 is 5.51. The third-order valence-electron chi connectivity index (χ3n) is 0. The van der Waals surface area contributed by atoms with Crippen molar-refractivity contribution in [2.24, 2.45) is 0 Å². The second-order valence-electron chi connectivity index (χ2n) is 0.408. The van der Waals surface area contributed by atoms with Crippen LogP contribution in [0.1, 0.15) is 0 Å². The van der Waals surface area contributed by atoms with Gasteiger partial charge in [-0.15, -0.1) is 0 Å². The Balaban J connectivity index is -0.0000000800. The monoisotopic (exact) mass is 222 g/mol. The molecule has 0 aromatic heterocycles. The van der Waals surface area contributed by atoms with Crippen LogP contribution in [0.2, 0.25) is 0 Å². The van der Waals surface area contributed by atoms with Crippen molar-refractivity contribution >= 4 is 32.6 Å². The summed E-state index contributed by atoms with van der Waals surface area (Å²) in [7, 11) is -3.21. The van der Waals surface area contributed by atoms with Gasteiger partial charge < -0.3 is 0 Å². The first-order chi connectivity index (χ1) is 2.00. The van der Waals surface area contributed by atoms with Crippen molar-refractivity contribution in [1.29, 1.82) is 0 Å². The average molecular weight is 221 g/mol. The maximum absolute atomic E-state index is 9.39.